The fraction of sp³-hybridized carbons (Fsp3) is 0. The molecule has 0 radical (unpaired) electrons. The van der Waals surface area contributed by atoms with Gasteiger partial charge < -0.3 is 4.42 Å². The molecule has 0 aliphatic heterocycles. The van der Waals surface area contributed by atoms with E-state index in [2.05, 4.69) is 127 Å². The first-order chi connectivity index (χ1) is 21.3. The first-order valence-electron chi connectivity index (χ1n) is 14.5. The van der Waals surface area contributed by atoms with E-state index in [9.17, 15) is 0 Å². The van der Waals surface area contributed by atoms with Crippen molar-refractivity contribution >= 4 is 54.5 Å². The second-order valence-electron chi connectivity index (χ2n) is 11.0. The third-order valence-corrected chi connectivity index (χ3v) is 8.45. The van der Waals surface area contributed by atoms with Crippen LogP contribution in [0.3, 0.4) is 0 Å². The van der Waals surface area contributed by atoms with E-state index >= 15 is 0 Å². The predicted octanol–water partition coefficient (Wildman–Crippen LogP) is 10.8. The molecule has 0 saturated carbocycles. The number of hydrogen-bond donors (Lipinski definition) is 0. The topological polar surface area (TPSA) is 38.9 Å². The lowest BCUT2D eigenvalue weighted by molar-refractivity contribution is 0.673. The van der Waals surface area contributed by atoms with E-state index in [0.717, 1.165) is 82.6 Å². The second kappa shape index (κ2) is 9.37. The molecule has 0 N–H and O–H groups in total. The van der Waals surface area contributed by atoms with Gasteiger partial charge in [0.15, 0.2) is 0 Å². The molecule has 0 saturated heterocycles. The van der Waals surface area contributed by atoms with E-state index < -0.39 is 0 Å². The number of benzene rings is 6. The van der Waals surface area contributed by atoms with Crippen LogP contribution in [0.25, 0.3) is 88.2 Å². The Hall–Kier alpha value is -5.80. The number of aromatic nitrogens is 2. The molecule has 0 aliphatic carbocycles. The van der Waals surface area contributed by atoms with E-state index in [-0.39, 0.29) is 0 Å². The Balaban J connectivity index is 1.34. The second-order valence-corrected chi connectivity index (χ2v) is 11.0. The molecule has 0 bridgehead atoms. The Morgan fingerprint density at radius 1 is 0.419 bits per heavy atom. The zero-order chi connectivity index (χ0) is 28.3. The van der Waals surface area contributed by atoms with Gasteiger partial charge in [0.05, 0.1) is 22.4 Å². The Morgan fingerprint density at radius 2 is 1.02 bits per heavy atom. The molecule has 3 heteroatoms. The van der Waals surface area contributed by atoms with Crippen LogP contribution in [0.15, 0.2) is 150 Å². The SMILES string of the molecule is c1ccc(-c2ccc3ccc4ccc(-c5cc6c(oc7cccc(-c8ccccc8)c76)c6ccccc56)nc4c3n2)cc1. The van der Waals surface area contributed by atoms with Gasteiger partial charge in [0, 0.05) is 38.1 Å². The molecule has 0 spiro atoms. The Labute approximate surface area is 247 Å². The van der Waals surface area contributed by atoms with Crippen molar-refractivity contribution in [2.75, 3.05) is 0 Å². The molecule has 9 aromatic rings. The van der Waals surface area contributed by atoms with Crippen molar-refractivity contribution in [2.24, 2.45) is 0 Å². The van der Waals surface area contributed by atoms with Crippen LogP contribution < -0.4 is 0 Å². The van der Waals surface area contributed by atoms with Gasteiger partial charge in [0.2, 0.25) is 0 Å². The molecule has 0 unspecified atom stereocenters. The first kappa shape index (κ1) is 23.9. The average Bonchev–Trinajstić information content (AvgIpc) is 3.47. The maximum atomic E-state index is 6.57. The summed E-state index contributed by atoms with van der Waals surface area (Å²) in [6.45, 7) is 0. The number of hydrogen-bond acceptors (Lipinski definition) is 3. The zero-order valence-corrected chi connectivity index (χ0v) is 23.2. The molecule has 9 rings (SSSR count). The summed E-state index contributed by atoms with van der Waals surface area (Å²) in [6.07, 6.45) is 0. The van der Waals surface area contributed by atoms with Crippen LogP contribution in [0.5, 0.6) is 0 Å². The third-order valence-electron chi connectivity index (χ3n) is 8.45. The van der Waals surface area contributed by atoms with Crippen LogP contribution in [-0.2, 0) is 0 Å². The predicted molar refractivity (Wildman–Crippen MR) is 178 cm³/mol. The first-order valence-corrected chi connectivity index (χ1v) is 14.5. The molecule has 200 valence electrons. The summed E-state index contributed by atoms with van der Waals surface area (Å²) in [5.41, 5.74) is 9.95. The van der Waals surface area contributed by atoms with Crippen molar-refractivity contribution in [1.29, 1.82) is 0 Å². The van der Waals surface area contributed by atoms with Gasteiger partial charge in [-0.05, 0) is 40.8 Å². The maximum Gasteiger partial charge on any atom is 0.143 e. The summed E-state index contributed by atoms with van der Waals surface area (Å²) in [5.74, 6) is 0. The largest absolute Gasteiger partial charge is 0.455 e. The molecule has 0 fully saturated rings. The highest BCUT2D eigenvalue weighted by atomic mass is 16.3. The summed E-state index contributed by atoms with van der Waals surface area (Å²) >= 11 is 0. The highest BCUT2D eigenvalue weighted by molar-refractivity contribution is 6.22. The minimum absolute atomic E-state index is 0.883. The van der Waals surface area contributed by atoms with Crippen LogP contribution in [-0.4, -0.2) is 9.97 Å². The molecule has 0 amide bonds. The van der Waals surface area contributed by atoms with Gasteiger partial charge >= 0.3 is 0 Å². The molecule has 3 heterocycles. The van der Waals surface area contributed by atoms with Crippen LogP contribution in [0.1, 0.15) is 0 Å². The minimum atomic E-state index is 0.883. The lowest BCUT2D eigenvalue weighted by Crippen LogP contribution is -1.92. The van der Waals surface area contributed by atoms with Gasteiger partial charge in [-0.15, -0.1) is 0 Å². The molecule has 43 heavy (non-hydrogen) atoms. The van der Waals surface area contributed by atoms with Gasteiger partial charge in [-0.2, -0.15) is 0 Å². The number of fused-ring (bicyclic) bond motifs is 8. The van der Waals surface area contributed by atoms with Crippen molar-refractivity contribution in [1.82, 2.24) is 9.97 Å². The van der Waals surface area contributed by atoms with E-state index in [1.165, 1.54) is 5.56 Å². The standard InChI is InChI=1S/C40H24N2O/c1-3-10-25(11-4-1)29-16-9-17-36-37(29)33-24-32(30-14-7-8-15-31(30)40(33)43-36)35-23-21-28-19-18-27-20-22-34(26-12-5-2-6-13-26)41-38(27)39(28)42-35/h1-24H. The Morgan fingerprint density at radius 3 is 1.77 bits per heavy atom. The summed E-state index contributed by atoms with van der Waals surface area (Å²) in [6, 6.07) is 50.7. The fourth-order valence-electron chi connectivity index (χ4n) is 6.41. The molecule has 0 aliphatic rings. The molecular formula is C40H24N2O. The van der Waals surface area contributed by atoms with Crippen molar-refractivity contribution < 1.29 is 4.42 Å². The van der Waals surface area contributed by atoms with E-state index in [1.807, 2.05) is 18.2 Å². The van der Waals surface area contributed by atoms with Crippen LogP contribution in [0.4, 0.5) is 0 Å². The van der Waals surface area contributed by atoms with E-state index in [4.69, 9.17) is 14.4 Å². The van der Waals surface area contributed by atoms with E-state index in [0.29, 0.717) is 0 Å². The number of rotatable bonds is 3. The molecular weight excluding hydrogens is 524 g/mol. The molecule has 0 atom stereocenters. The number of pyridine rings is 2. The van der Waals surface area contributed by atoms with Gasteiger partial charge in [-0.25, -0.2) is 9.97 Å². The van der Waals surface area contributed by atoms with Crippen LogP contribution in [0, 0.1) is 0 Å². The maximum absolute atomic E-state index is 6.57. The highest BCUT2D eigenvalue weighted by Crippen LogP contribution is 2.43. The van der Waals surface area contributed by atoms with Crippen LogP contribution in [0.2, 0.25) is 0 Å². The van der Waals surface area contributed by atoms with Crippen molar-refractivity contribution in [3.8, 4) is 33.6 Å². The highest BCUT2D eigenvalue weighted by Gasteiger charge is 2.18. The van der Waals surface area contributed by atoms with Crippen molar-refractivity contribution in [2.45, 2.75) is 0 Å². The fourth-order valence-corrected chi connectivity index (χ4v) is 6.41. The monoisotopic (exact) mass is 548 g/mol. The van der Waals surface area contributed by atoms with Gasteiger partial charge in [0.25, 0.3) is 0 Å². The summed E-state index contributed by atoms with van der Waals surface area (Å²) in [5, 5.41) is 6.54. The van der Waals surface area contributed by atoms with Crippen molar-refractivity contribution in [3.05, 3.63) is 146 Å². The van der Waals surface area contributed by atoms with Gasteiger partial charge in [-0.1, -0.05) is 121 Å². The smallest absolute Gasteiger partial charge is 0.143 e. The lowest BCUT2D eigenvalue weighted by Gasteiger charge is -2.11. The van der Waals surface area contributed by atoms with Crippen LogP contribution >= 0.6 is 0 Å². The molecule has 3 nitrogen and oxygen atoms in total. The number of nitrogens with zero attached hydrogens (tertiary/aromatic N) is 2. The Bertz CT molecular complexity index is 2500. The zero-order valence-electron chi connectivity index (χ0n) is 23.2. The van der Waals surface area contributed by atoms with Gasteiger partial charge in [-0.3, -0.25) is 0 Å². The third kappa shape index (κ3) is 3.75. The summed E-state index contributed by atoms with van der Waals surface area (Å²) < 4.78 is 6.57. The molecule has 3 aromatic heterocycles. The summed E-state index contributed by atoms with van der Waals surface area (Å²) in [4.78, 5) is 10.4. The van der Waals surface area contributed by atoms with Gasteiger partial charge in [0.1, 0.15) is 11.2 Å². The Kier molecular flexibility index (Phi) is 5.20. The lowest BCUT2D eigenvalue weighted by atomic mass is 9.94. The minimum Gasteiger partial charge on any atom is -0.455 e. The average molecular weight is 549 g/mol. The van der Waals surface area contributed by atoms with Crippen molar-refractivity contribution in [3.63, 3.8) is 0 Å². The van der Waals surface area contributed by atoms with E-state index in [1.54, 1.807) is 0 Å². The number of furan rings is 1. The molecule has 6 aromatic carbocycles. The summed E-state index contributed by atoms with van der Waals surface area (Å²) in [7, 11) is 0. The normalized spacial score (nSPS) is 11.7. The quantitative estimate of drug-likeness (QED) is 0.206.